The van der Waals surface area contributed by atoms with Crippen LogP contribution in [-0.2, 0) is 20.9 Å². The lowest BCUT2D eigenvalue weighted by atomic mass is 10.0. The molecule has 11 amide bonds. The van der Waals surface area contributed by atoms with Crippen LogP contribution in [0, 0.1) is 10.5 Å². The number of halogens is 1. The van der Waals surface area contributed by atoms with Gasteiger partial charge in [0.05, 0.1) is 17.7 Å². The molecule has 9 aromatic rings. The summed E-state index contributed by atoms with van der Waals surface area (Å²) in [6.07, 6.45) is 11.3. The van der Waals surface area contributed by atoms with E-state index in [-0.39, 0.29) is 70.7 Å². The van der Waals surface area contributed by atoms with Crippen LogP contribution in [0.15, 0.2) is 229 Å². The molecule has 12 rings (SSSR count). The first-order valence-corrected chi connectivity index (χ1v) is 48.0. The number of hydrogen-bond acceptors (Lipinski definition) is 20. The van der Waals surface area contributed by atoms with Gasteiger partial charge in [0.1, 0.15) is 11.5 Å². The van der Waals surface area contributed by atoms with E-state index in [2.05, 4.69) is 177 Å². The molecule has 6 heterocycles. The molecule has 0 unspecified atom stereocenters. The molecule has 138 heavy (non-hydrogen) atoms. The van der Waals surface area contributed by atoms with E-state index in [0.29, 0.717) is 53.2 Å². The van der Waals surface area contributed by atoms with Gasteiger partial charge in [-0.05, 0) is 203 Å². The Morgan fingerprint density at radius 3 is 1.22 bits per heavy atom. The number of aryl methyl sites for hydroxylation is 1. The van der Waals surface area contributed by atoms with Crippen molar-refractivity contribution in [3.05, 3.63) is 279 Å². The number of likely N-dealkylation sites (N-methyl/N-ethyl adjacent to an activating group) is 4. The van der Waals surface area contributed by atoms with Crippen LogP contribution in [0.4, 0.5) is 0 Å². The number of unbranched alkanes of at least 4 members (excludes halogenated alkanes) is 4. The van der Waals surface area contributed by atoms with E-state index < -0.39 is 0 Å². The van der Waals surface area contributed by atoms with Gasteiger partial charge in [-0.2, -0.15) is 0 Å². The number of benzene rings is 6. The maximum absolute atomic E-state index is 12.5. The molecule has 0 atom stereocenters. The second-order valence-electron chi connectivity index (χ2n) is 31.0. The number of nitrogens with zero attached hydrogens (tertiary/aromatic N) is 8. The molecule has 3 aliphatic rings. The molecule has 0 saturated carbocycles. The van der Waals surface area contributed by atoms with Crippen LogP contribution in [0.3, 0.4) is 0 Å². The van der Waals surface area contributed by atoms with Gasteiger partial charge in [0.15, 0.2) is 11.5 Å². The highest BCUT2D eigenvalue weighted by Crippen LogP contribution is 2.25. The highest BCUT2D eigenvalue weighted by molar-refractivity contribution is 14.1. The van der Waals surface area contributed by atoms with Crippen molar-refractivity contribution in [2.24, 2.45) is 0 Å². The lowest BCUT2D eigenvalue weighted by molar-refractivity contribution is -0.122. The molecule has 10 N–H and O–H groups in total. The number of pyridine rings is 1. The number of amides is 11. The van der Waals surface area contributed by atoms with Crippen LogP contribution >= 0.6 is 22.6 Å². The Bertz CT molecular complexity index is 4820. The van der Waals surface area contributed by atoms with Gasteiger partial charge in [0.25, 0.3) is 47.3 Å². The predicted molar refractivity (Wildman–Crippen MR) is 565 cm³/mol. The Morgan fingerprint density at radius 1 is 0.377 bits per heavy atom. The third-order valence-electron chi connectivity index (χ3n) is 21.2. The number of rotatable bonds is 26. The SMILES string of the molecule is C=C.CC.CCCCC(=O)NC.CCN(CC)CCCCCCC(=O)NC.CNC(=O)CN1CCN(C)CC1.CNC(=O)c1ccc(-c2ccc(C(=O)N3CCN(C)CC3)cc2)o1.CNC(=O)c1ccc(-c2ccccc2)cc1.CNC(=O)c1ccc(C)o1.CNC(=O)c1ccc(CN2CCN(C)CC2)cc1.CNC(=O)c1ccccc1.CNC(=O)c1ccccc1I.CNC(=O)c1cccnc1. The minimum atomic E-state index is -0.261. The molecular weight excluding hydrogens is 1860 g/mol. The molecule has 0 radical (unpaired) electrons. The highest BCUT2D eigenvalue weighted by atomic mass is 127. The summed E-state index contributed by atoms with van der Waals surface area (Å²) in [5, 5.41) is 25.7. The maximum Gasteiger partial charge on any atom is 0.286 e. The summed E-state index contributed by atoms with van der Waals surface area (Å²) in [4.78, 5) is 143. The maximum atomic E-state index is 12.5. The van der Waals surface area contributed by atoms with Gasteiger partial charge in [-0.3, -0.25) is 67.5 Å². The fourth-order valence-corrected chi connectivity index (χ4v) is 13.3. The van der Waals surface area contributed by atoms with Gasteiger partial charge in [-0.15, -0.1) is 13.2 Å². The van der Waals surface area contributed by atoms with E-state index in [9.17, 15) is 52.7 Å². The average molecular weight is 2020 g/mol. The summed E-state index contributed by atoms with van der Waals surface area (Å²) >= 11 is 2.14. The zero-order chi connectivity index (χ0) is 103. The van der Waals surface area contributed by atoms with Crippen molar-refractivity contribution >= 4 is 87.6 Å². The fourth-order valence-electron chi connectivity index (χ4n) is 12.7. The molecule has 31 nitrogen and oxygen atoms in total. The van der Waals surface area contributed by atoms with Crippen LogP contribution in [0.25, 0.3) is 22.5 Å². The van der Waals surface area contributed by atoms with Gasteiger partial charge in [0, 0.05) is 212 Å². The van der Waals surface area contributed by atoms with Crippen molar-refractivity contribution < 1.29 is 61.6 Å². The zero-order valence-corrected chi connectivity index (χ0v) is 87.1. The highest BCUT2D eigenvalue weighted by Gasteiger charge is 2.22. The van der Waals surface area contributed by atoms with E-state index in [1.54, 1.807) is 150 Å². The molecule has 3 fully saturated rings. The van der Waals surface area contributed by atoms with E-state index >= 15 is 0 Å². The first-order chi connectivity index (χ1) is 66.5. The summed E-state index contributed by atoms with van der Waals surface area (Å²) in [7, 11) is 22.6. The second kappa shape index (κ2) is 75.5. The van der Waals surface area contributed by atoms with E-state index in [1.165, 1.54) is 37.6 Å². The van der Waals surface area contributed by atoms with Gasteiger partial charge in [-0.1, -0.05) is 151 Å². The number of aromatic nitrogens is 1. The normalized spacial score (nSPS) is 12.4. The molecule has 0 spiro atoms. The molecule has 754 valence electrons. The summed E-state index contributed by atoms with van der Waals surface area (Å²) in [6.45, 7) is 35.3. The van der Waals surface area contributed by atoms with E-state index in [1.807, 2.05) is 134 Å². The van der Waals surface area contributed by atoms with Crippen molar-refractivity contribution in [1.29, 1.82) is 0 Å². The standard InChI is InChI=1S/C18H21N3O3.C14H21N3O.C14H13NO.C12H26N2O.C8H8INO.C8H17N3O.C8H9NO.C7H8N2O.C7H9NO2.C6H13NO.C2H6.C2H4/c1-19-17(22)16-8-7-15(24-16)13-3-5-14(6-4-13)18(23)21-11-9-20(2)10-12-21;1-15-14(18)13-5-3-12(4-6-13)11-17-9-7-16(2)8-10-17;1-15-14(16)13-9-7-12(8-10-13)11-5-3-2-4-6-11;1-4-14(5-2)11-9-7-6-8-10-12(15)13-3;1-10-8(11)6-4-2-3-5-7(6)9;1-9-8(12)7-11-5-3-10(2)4-6-11;1-9-8(10)7-5-3-2-4-6-7;1-8-7(10)6-3-2-4-9-5-6;1-5-3-4-6(10-5)7(9)8-2;1-3-4-5-6(8)7-2;2*1-2/h3-8H,9-12H2,1-2H3,(H,19,22);3-6H,7-11H2,1-2H3,(H,15,18);2-10H,1H3,(H,15,16);4-11H2,1-3H3,(H,13,15);2-5H,1H3,(H,10,11);3-7H2,1-2H3,(H,9,12);2-6H,1H3,(H,9,10);2-5H,1H3,(H,8,10);3-4H,1-2H3,(H,8,9);3-5H2,1-2H3,(H,7,8);1-2H3;1-2H2. The number of carbonyl (C=O) groups is 11. The molecule has 6 aromatic carbocycles. The number of hydrogen-bond donors (Lipinski definition) is 10. The topological polar surface area (TPSA) is 370 Å². The van der Waals surface area contributed by atoms with Gasteiger partial charge in [-0.25, -0.2) is 0 Å². The Labute approximate surface area is 834 Å². The number of furan rings is 2. The van der Waals surface area contributed by atoms with Crippen LogP contribution in [0.2, 0.25) is 0 Å². The van der Waals surface area contributed by atoms with Crippen LogP contribution in [-0.4, -0.2) is 301 Å². The fraction of sp³-hybridized carbons (Fsp3) is 0.415. The molecule has 0 aliphatic carbocycles. The summed E-state index contributed by atoms with van der Waals surface area (Å²) in [6, 6.07) is 59.7. The molecule has 3 saturated heterocycles. The Kier molecular flexibility index (Phi) is 67.6. The van der Waals surface area contributed by atoms with Crippen molar-refractivity contribution in [3.8, 4) is 22.5 Å². The molecule has 0 bridgehead atoms. The van der Waals surface area contributed by atoms with Gasteiger partial charge in [0.2, 0.25) is 17.7 Å². The molecule has 32 heteroatoms. The third kappa shape index (κ3) is 51.6. The Balaban J connectivity index is 0.000000776. The second-order valence-corrected chi connectivity index (χ2v) is 32.2. The number of nitrogens with one attached hydrogen (secondary N) is 10. The first-order valence-electron chi connectivity index (χ1n) is 46.9. The van der Waals surface area contributed by atoms with E-state index in [4.69, 9.17) is 8.83 Å². The summed E-state index contributed by atoms with van der Waals surface area (Å²) in [5.41, 5.74) is 8.47. The lowest BCUT2D eigenvalue weighted by Gasteiger charge is -2.32. The molecular formula is C106H155IN18O13. The number of carbonyl (C=O) groups excluding carboxylic acids is 11. The summed E-state index contributed by atoms with van der Waals surface area (Å²) < 4.78 is 11.5. The smallest absolute Gasteiger partial charge is 0.286 e. The number of piperazine rings is 3. The average Bonchev–Trinajstić information content (AvgIpc) is 1.52. The monoisotopic (exact) mass is 2020 g/mol. The van der Waals surface area contributed by atoms with Crippen molar-refractivity contribution in [3.63, 3.8) is 0 Å². The van der Waals surface area contributed by atoms with Crippen molar-refractivity contribution in [2.45, 2.75) is 99.5 Å². The Morgan fingerprint density at radius 2 is 0.775 bits per heavy atom. The zero-order valence-electron chi connectivity index (χ0n) is 85.0. The summed E-state index contributed by atoms with van der Waals surface area (Å²) in [5.74, 6) is 1.75. The van der Waals surface area contributed by atoms with Crippen LogP contribution in [0.1, 0.15) is 181 Å². The molecule has 3 aliphatic heterocycles. The van der Waals surface area contributed by atoms with Crippen LogP contribution < -0.4 is 53.2 Å². The minimum Gasteiger partial charge on any atom is -0.456 e. The van der Waals surface area contributed by atoms with E-state index in [0.717, 1.165) is 155 Å². The van der Waals surface area contributed by atoms with Crippen molar-refractivity contribution in [2.75, 3.05) is 196 Å². The first kappa shape index (κ1) is 123. The minimum absolute atomic E-state index is 0.0267. The van der Waals surface area contributed by atoms with Crippen LogP contribution in [0.5, 0.6) is 0 Å². The largest absolute Gasteiger partial charge is 0.456 e. The van der Waals surface area contributed by atoms with Gasteiger partial charge < -0.3 is 86.5 Å². The Hall–Kier alpha value is -12.6. The molecule has 3 aromatic heterocycles. The third-order valence-corrected chi connectivity index (χ3v) is 22.2. The predicted octanol–water partition coefficient (Wildman–Crippen LogP) is 13.0. The van der Waals surface area contributed by atoms with Gasteiger partial charge >= 0.3 is 0 Å². The quantitative estimate of drug-likeness (QED) is 0.0137. The van der Waals surface area contributed by atoms with Crippen molar-refractivity contribution in [1.82, 2.24) is 92.5 Å². The lowest BCUT2D eigenvalue weighted by Crippen LogP contribution is -2.47.